The van der Waals surface area contributed by atoms with Crippen molar-refractivity contribution in [3.63, 3.8) is 0 Å². The van der Waals surface area contributed by atoms with Crippen LogP contribution in [0.25, 0.3) is 65.7 Å². The van der Waals surface area contributed by atoms with Gasteiger partial charge in [-0.05, 0) is 96.7 Å². The summed E-state index contributed by atoms with van der Waals surface area (Å²) in [5.41, 5.74) is 10.2. The van der Waals surface area contributed by atoms with Crippen LogP contribution in [0.2, 0.25) is 0 Å². The molecule has 0 saturated heterocycles. The number of aryl methyl sites for hydroxylation is 1. The molecule has 0 fully saturated rings. The average molecular weight is 511 g/mol. The molecular formula is C40H30. The molecule has 0 amide bonds. The zero-order valence-corrected chi connectivity index (χ0v) is 22.7. The van der Waals surface area contributed by atoms with Crippen molar-refractivity contribution in [3.05, 3.63) is 157 Å². The fourth-order valence-corrected chi connectivity index (χ4v) is 6.18. The average Bonchev–Trinajstić information content (AvgIpc) is 2.99. The molecule has 40 heavy (non-hydrogen) atoms. The van der Waals surface area contributed by atoms with Gasteiger partial charge in [0, 0.05) is 0 Å². The first-order valence-electron chi connectivity index (χ1n) is 13.9. The van der Waals surface area contributed by atoms with Crippen LogP contribution in [0, 0.1) is 6.92 Å². The summed E-state index contributed by atoms with van der Waals surface area (Å²) in [4.78, 5) is 0. The van der Waals surface area contributed by atoms with E-state index in [9.17, 15) is 0 Å². The Kier molecular flexibility index (Phi) is 6.02. The van der Waals surface area contributed by atoms with Gasteiger partial charge in [0.1, 0.15) is 0 Å². The number of fused-ring (bicyclic) bond motifs is 3. The molecule has 0 unspecified atom stereocenters. The van der Waals surface area contributed by atoms with E-state index in [0.717, 1.165) is 6.42 Å². The van der Waals surface area contributed by atoms with E-state index in [1.54, 1.807) is 0 Å². The molecule has 7 aromatic carbocycles. The minimum absolute atomic E-state index is 0.884. The van der Waals surface area contributed by atoms with Crippen LogP contribution in [-0.4, -0.2) is 0 Å². The van der Waals surface area contributed by atoms with Crippen molar-refractivity contribution in [1.82, 2.24) is 0 Å². The minimum Gasteiger partial charge on any atom is -0.103 e. The normalized spacial score (nSPS) is 11.3. The van der Waals surface area contributed by atoms with Gasteiger partial charge in [0.25, 0.3) is 0 Å². The van der Waals surface area contributed by atoms with Gasteiger partial charge in [-0.25, -0.2) is 0 Å². The number of hydrogen-bond acceptors (Lipinski definition) is 0. The lowest BCUT2D eigenvalue weighted by atomic mass is 9.85. The van der Waals surface area contributed by atoms with Crippen LogP contribution >= 0.6 is 0 Å². The van der Waals surface area contributed by atoms with Crippen LogP contribution in [0.15, 0.2) is 146 Å². The lowest BCUT2D eigenvalue weighted by Gasteiger charge is -2.18. The first-order chi connectivity index (χ1) is 19.7. The zero-order valence-electron chi connectivity index (χ0n) is 22.7. The molecule has 0 heteroatoms. The number of benzene rings is 7. The smallest absolute Gasteiger partial charge is 0.00262 e. The highest BCUT2D eigenvalue weighted by atomic mass is 14.2. The molecule has 0 aliphatic heterocycles. The third-order valence-electron chi connectivity index (χ3n) is 8.01. The van der Waals surface area contributed by atoms with Gasteiger partial charge in [-0.2, -0.15) is 0 Å². The van der Waals surface area contributed by atoms with E-state index in [1.165, 1.54) is 76.8 Å². The predicted molar refractivity (Wildman–Crippen MR) is 174 cm³/mol. The summed E-state index contributed by atoms with van der Waals surface area (Å²) in [6.45, 7) is 6.06. The van der Waals surface area contributed by atoms with Crippen molar-refractivity contribution in [2.75, 3.05) is 0 Å². The van der Waals surface area contributed by atoms with Crippen molar-refractivity contribution < 1.29 is 0 Å². The second-order valence-corrected chi connectivity index (χ2v) is 10.7. The summed E-state index contributed by atoms with van der Waals surface area (Å²) < 4.78 is 0. The Morgan fingerprint density at radius 2 is 0.975 bits per heavy atom. The lowest BCUT2D eigenvalue weighted by molar-refractivity contribution is 1.28. The third kappa shape index (κ3) is 4.19. The van der Waals surface area contributed by atoms with E-state index in [2.05, 4.69) is 147 Å². The first-order valence-corrected chi connectivity index (χ1v) is 13.9. The number of allylic oxidation sites excluding steroid dienone is 1. The summed E-state index contributed by atoms with van der Waals surface area (Å²) >= 11 is 0. The van der Waals surface area contributed by atoms with Gasteiger partial charge in [0.05, 0.1) is 0 Å². The summed E-state index contributed by atoms with van der Waals surface area (Å²) in [5.74, 6) is 0. The first kappa shape index (κ1) is 24.1. The molecule has 7 rings (SSSR count). The quantitative estimate of drug-likeness (QED) is 0.160. The largest absolute Gasteiger partial charge is 0.103 e. The fourth-order valence-electron chi connectivity index (χ4n) is 6.18. The van der Waals surface area contributed by atoms with Crippen molar-refractivity contribution in [2.45, 2.75) is 13.3 Å². The number of rotatable bonds is 5. The third-order valence-corrected chi connectivity index (χ3v) is 8.01. The Hall–Kier alpha value is -4.94. The Balaban J connectivity index is 1.43. The zero-order chi connectivity index (χ0) is 27.1. The van der Waals surface area contributed by atoms with E-state index >= 15 is 0 Å². The molecule has 0 aliphatic carbocycles. The van der Waals surface area contributed by atoms with Crippen molar-refractivity contribution in [3.8, 4) is 33.4 Å². The van der Waals surface area contributed by atoms with Crippen molar-refractivity contribution in [1.29, 1.82) is 0 Å². The van der Waals surface area contributed by atoms with Crippen LogP contribution in [0.4, 0.5) is 0 Å². The maximum Gasteiger partial charge on any atom is -0.00262 e. The van der Waals surface area contributed by atoms with Crippen LogP contribution < -0.4 is 0 Å². The van der Waals surface area contributed by atoms with Crippen molar-refractivity contribution in [2.24, 2.45) is 0 Å². The van der Waals surface area contributed by atoms with E-state index in [4.69, 9.17) is 0 Å². The molecule has 0 heterocycles. The molecule has 0 N–H and O–H groups in total. The van der Waals surface area contributed by atoms with Gasteiger partial charge in [0.15, 0.2) is 0 Å². The van der Waals surface area contributed by atoms with Gasteiger partial charge in [-0.15, -0.1) is 6.58 Å². The van der Waals surface area contributed by atoms with E-state index < -0.39 is 0 Å². The number of hydrogen-bond donors (Lipinski definition) is 0. The molecule has 0 radical (unpaired) electrons. The monoisotopic (exact) mass is 510 g/mol. The highest BCUT2D eigenvalue weighted by Gasteiger charge is 2.16. The Morgan fingerprint density at radius 3 is 1.57 bits per heavy atom. The Bertz CT molecular complexity index is 2000. The highest BCUT2D eigenvalue weighted by Crippen LogP contribution is 2.44. The molecular weight excluding hydrogens is 480 g/mol. The molecule has 0 saturated carbocycles. The van der Waals surface area contributed by atoms with E-state index in [1.807, 2.05) is 6.08 Å². The topological polar surface area (TPSA) is 0 Å². The predicted octanol–water partition coefficient (Wildman–Crippen LogP) is 11.2. The molecule has 0 aliphatic rings. The molecule has 0 bridgehead atoms. The minimum atomic E-state index is 0.884. The standard InChI is InChI=1S/C40H30/c1-3-10-28-12-9-13-29(24-28)30-19-20-32-26-34(22-21-31(32)25-30)40-37-17-6-4-15-35(37)39(33-14-8-11-27(2)23-33)36-16-5-7-18-38(36)40/h3-9,11-26H,1,10H2,2H3. The molecule has 0 spiro atoms. The Morgan fingerprint density at radius 1 is 0.475 bits per heavy atom. The van der Waals surface area contributed by atoms with Gasteiger partial charge in [-0.1, -0.05) is 133 Å². The lowest BCUT2D eigenvalue weighted by Crippen LogP contribution is -1.91. The van der Waals surface area contributed by atoms with E-state index in [0.29, 0.717) is 0 Å². The summed E-state index contributed by atoms with van der Waals surface area (Å²) in [6.07, 6.45) is 2.84. The molecule has 0 nitrogen and oxygen atoms in total. The van der Waals surface area contributed by atoms with Crippen LogP contribution in [0.3, 0.4) is 0 Å². The molecule has 0 atom stereocenters. The maximum absolute atomic E-state index is 3.89. The van der Waals surface area contributed by atoms with E-state index in [-0.39, 0.29) is 0 Å². The van der Waals surface area contributed by atoms with Gasteiger partial charge in [-0.3, -0.25) is 0 Å². The summed E-state index contributed by atoms with van der Waals surface area (Å²) in [7, 11) is 0. The molecule has 7 aromatic rings. The molecule has 0 aromatic heterocycles. The molecule has 190 valence electrons. The van der Waals surface area contributed by atoms with Gasteiger partial charge < -0.3 is 0 Å². The second-order valence-electron chi connectivity index (χ2n) is 10.7. The summed E-state index contributed by atoms with van der Waals surface area (Å²) in [6, 6.07) is 49.1. The fraction of sp³-hybridized carbons (Fsp3) is 0.0500. The maximum atomic E-state index is 3.89. The highest BCUT2D eigenvalue weighted by molar-refractivity contribution is 6.21. The SMILES string of the molecule is C=CCc1cccc(-c2ccc3cc(-c4c5ccccc5c(-c5cccc(C)c5)c5ccccc45)ccc3c2)c1. The Labute approximate surface area is 235 Å². The van der Waals surface area contributed by atoms with Crippen LogP contribution in [0.5, 0.6) is 0 Å². The summed E-state index contributed by atoms with van der Waals surface area (Å²) in [5, 5.41) is 7.65. The van der Waals surface area contributed by atoms with Crippen LogP contribution in [0.1, 0.15) is 11.1 Å². The van der Waals surface area contributed by atoms with Gasteiger partial charge in [0.2, 0.25) is 0 Å². The van der Waals surface area contributed by atoms with Gasteiger partial charge >= 0.3 is 0 Å². The van der Waals surface area contributed by atoms with Crippen molar-refractivity contribution >= 4 is 32.3 Å². The second kappa shape index (κ2) is 9.98. The van der Waals surface area contributed by atoms with Crippen LogP contribution in [-0.2, 0) is 6.42 Å².